The first-order valence-corrected chi connectivity index (χ1v) is 7.96. The molecule has 1 amide bonds. The zero-order chi connectivity index (χ0) is 18.7. The number of aromatic nitrogens is 2. The lowest BCUT2D eigenvalue weighted by Gasteiger charge is -2.02. The standard InChI is InChI=1S/C19H18N4O3/c1-12-8-9-23-16(10-12)21-13(2)17(23)18(24)22-20-11-14-4-6-15(7-5-14)19(25)26-3/h4-11H,1-3H3,(H,22,24)/b20-11+. The van der Waals surface area contributed by atoms with Crippen molar-refractivity contribution in [3.05, 3.63) is 70.7 Å². The number of nitrogens with zero attached hydrogens (tertiary/aromatic N) is 3. The van der Waals surface area contributed by atoms with Gasteiger partial charge in [-0.3, -0.25) is 9.20 Å². The minimum absolute atomic E-state index is 0.346. The number of carbonyl (C=O) groups excluding carboxylic acids is 2. The molecule has 132 valence electrons. The topological polar surface area (TPSA) is 85.1 Å². The molecule has 0 aliphatic carbocycles. The van der Waals surface area contributed by atoms with Crippen LogP contribution in [0.1, 0.15) is 37.7 Å². The van der Waals surface area contributed by atoms with Gasteiger partial charge in [0.2, 0.25) is 0 Å². The molecule has 0 bridgehead atoms. The summed E-state index contributed by atoms with van der Waals surface area (Å²) in [6.07, 6.45) is 3.32. The first-order chi connectivity index (χ1) is 12.5. The van der Waals surface area contributed by atoms with Crippen LogP contribution in [0.2, 0.25) is 0 Å². The van der Waals surface area contributed by atoms with Gasteiger partial charge in [-0.15, -0.1) is 0 Å². The fourth-order valence-electron chi connectivity index (χ4n) is 2.58. The molecule has 2 heterocycles. The summed E-state index contributed by atoms with van der Waals surface area (Å²) in [5.41, 5.74) is 6.56. The molecule has 0 atom stereocenters. The van der Waals surface area contributed by atoms with Crippen molar-refractivity contribution in [3.8, 4) is 0 Å². The fraction of sp³-hybridized carbons (Fsp3) is 0.158. The van der Waals surface area contributed by atoms with Crippen molar-refractivity contribution in [3.63, 3.8) is 0 Å². The Kier molecular flexibility index (Phi) is 4.79. The third kappa shape index (κ3) is 3.46. The van der Waals surface area contributed by atoms with Crippen LogP contribution in [0.4, 0.5) is 0 Å². The molecule has 0 fully saturated rings. The van der Waals surface area contributed by atoms with Gasteiger partial charge >= 0.3 is 5.97 Å². The maximum absolute atomic E-state index is 12.5. The number of hydrogen-bond acceptors (Lipinski definition) is 5. The van der Waals surface area contributed by atoms with E-state index in [1.165, 1.54) is 13.3 Å². The summed E-state index contributed by atoms with van der Waals surface area (Å²) < 4.78 is 6.38. The van der Waals surface area contributed by atoms with Crippen molar-refractivity contribution in [2.24, 2.45) is 5.10 Å². The van der Waals surface area contributed by atoms with E-state index in [9.17, 15) is 9.59 Å². The van der Waals surface area contributed by atoms with E-state index in [0.29, 0.717) is 17.0 Å². The number of amides is 1. The van der Waals surface area contributed by atoms with Crippen molar-refractivity contribution >= 4 is 23.7 Å². The summed E-state index contributed by atoms with van der Waals surface area (Å²) in [6, 6.07) is 10.5. The lowest BCUT2D eigenvalue weighted by Crippen LogP contribution is -2.20. The van der Waals surface area contributed by atoms with Crippen LogP contribution >= 0.6 is 0 Å². The molecule has 0 aliphatic rings. The summed E-state index contributed by atoms with van der Waals surface area (Å²) in [5.74, 6) is -0.749. The molecule has 3 rings (SSSR count). The van der Waals surface area contributed by atoms with E-state index >= 15 is 0 Å². The Balaban J connectivity index is 1.74. The fourth-order valence-corrected chi connectivity index (χ4v) is 2.58. The highest BCUT2D eigenvalue weighted by Gasteiger charge is 2.16. The Hall–Kier alpha value is -3.48. The first kappa shape index (κ1) is 17.3. The molecule has 0 saturated carbocycles. The molecule has 0 saturated heterocycles. The Morgan fingerprint density at radius 1 is 1.19 bits per heavy atom. The number of hydrazone groups is 1. The predicted octanol–water partition coefficient (Wildman–Crippen LogP) is 2.50. The highest BCUT2D eigenvalue weighted by atomic mass is 16.5. The Labute approximate surface area is 150 Å². The highest BCUT2D eigenvalue weighted by Crippen LogP contribution is 2.13. The zero-order valence-corrected chi connectivity index (χ0v) is 14.7. The van der Waals surface area contributed by atoms with Crippen LogP contribution in [0.5, 0.6) is 0 Å². The van der Waals surface area contributed by atoms with Crippen LogP contribution in [0.3, 0.4) is 0 Å². The van der Waals surface area contributed by atoms with Crippen LogP contribution in [0.15, 0.2) is 47.7 Å². The van der Waals surface area contributed by atoms with Crippen molar-refractivity contribution in [1.82, 2.24) is 14.8 Å². The Bertz CT molecular complexity index is 1000. The molecule has 1 aromatic carbocycles. The SMILES string of the molecule is COC(=O)c1ccc(/C=N/NC(=O)c2c(C)nc3cc(C)ccn23)cc1. The second-order valence-electron chi connectivity index (χ2n) is 5.79. The molecule has 3 aromatic rings. The van der Waals surface area contributed by atoms with Crippen molar-refractivity contribution in [2.75, 3.05) is 7.11 Å². The maximum Gasteiger partial charge on any atom is 0.337 e. The second-order valence-corrected chi connectivity index (χ2v) is 5.79. The molecule has 0 aliphatic heterocycles. The number of imidazole rings is 1. The molecular weight excluding hydrogens is 332 g/mol. The summed E-state index contributed by atoms with van der Waals surface area (Å²) in [7, 11) is 1.33. The van der Waals surface area contributed by atoms with E-state index in [1.807, 2.05) is 25.3 Å². The van der Waals surface area contributed by atoms with Gasteiger partial charge in [-0.2, -0.15) is 5.10 Å². The van der Waals surface area contributed by atoms with Gasteiger partial charge < -0.3 is 4.74 Å². The van der Waals surface area contributed by atoms with E-state index in [0.717, 1.165) is 16.8 Å². The second kappa shape index (κ2) is 7.18. The van der Waals surface area contributed by atoms with E-state index in [2.05, 4.69) is 20.2 Å². The lowest BCUT2D eigenvalue weighted by atomic mass is 10.1. The van der Waals surface area contributed by atoms with Crippen LogP contribution in [-0.4, -0.2) is 34.6 Å². The Morgan fingerprint density at radius 2 is 1.92 bits per heavy atom. The van der Waals surface area contributed by atoms with Gasteiger partial charge in [0.25, 0.3) is 5.91 Å². The Morgan fingerprint density at radius 3 is 2.62 bits per heavy atom. The smallest absolute Gasteiger partial charge is 0.337 e. The third-order valence-electron chi connectivity index (χ3n) is 3.88. The summed E-state index contributed by atoms with van der Waals surface area (Å²) >= 11 is 0. The number of benzene rings is 1. The largest absolute Gasteiger partial charge is 0.465 e. The van der Waals surface area contributed by atoms with Gasteiger partial charge in [-0.1, -0.05) is 12.1 Å². The van der Waals surface area contributed by atoms with E-state index < -0.39 is 5.97 Å². The lowest BCUT2D eigenvalue weighted by molar-refractivity contribution is 0.0600. The van der Waals surface area contributed by atoms with Gasteiger partial charge in [-0.05, 0) is 49.2 Å². The minimum Gasteiger partial charge on any atom is -0.465 e. The number of hydrogen-bond donors (Lipinski definition) is 1. The number of rotatable bonds is 4. The van der Waals surface area contributed by atoms with E-state index in [4.69, 9.17) is 0 Å². The maximum atomic E-state index is 12.5. The summed E-state index contributed by atoms with van der Waals surface area (Å²) in [4.78, 5) is 28.3. The van der Waals surface area contributed by atoms with Gasteiger partial charge in [-0.25, -0.2) is 15.2 Å². The quantitative estimate of drug-likeness (QED) is 0.445. The minimum atomic E-state index is -0.403. The zero-order valence-electron chi connectivity index (χ0n) is 14.7. The molecule has 7 nitrogen and oxygen atoms in total. The normalized spacial score (nSPS) is 11.0. The molecular formula is C19H18N4O3. The number of methoxy groups -OCH3 is 1. The summed E-state index contributed by atoms with van der Waals surface area (Å²) in [6.45, 7) is 3.76. The van der Waals surface area contributed by atoms with Crippen LogP contribution < -0.4 is 5.43 Å². The predicted molar refractivity (Wildman–Crippen MR) is 97.5 cm³/mol. The number of aryl methyl sites for hydroxylation is 2. The number of ether oxygens (including phenoxy) is 1. The van der Waals surface area contributed by atoms with Gasteiger partial charge in [0.05, 0.1) is 24.6 Å². The molecule has 2 aromatic heterocycles. The number of pyridine rings is 1. The highest BCUT2D eigenvalue weighted by molar-refractivity contribution is 5.95. The third-order valence-corrected chi connectivity index (χ3v) is 3.88. The molecule has 0 unspecified atom stereocenters. The average molecular weight is 350 g/mol. The molecule has 0 radical (unpaired) electrons. The molecule has 0 spiro atoms. The van der Waals surface area contributed by atoms with Crippen molar-refractivity contribution < 1.29 is 14.3 Å². The van der Waals surface area contributed by atoms with E-state index in [-0.39, 0.29) is 5.91 Å². The van der Waals surface area contributed by atoms with Gasteiger partial charge in [0, 0.05) is 6.20 Å². The molecule has 7 heteroatoms. The number of carbonyl (C=O) groups is 2. The average Bonchev–Trinajstić information content (AvgIpc) is 2.96. The molecule has 26 heavy (non-hydrogen) atoms. The molecule has 1 N–H and O–H groups in total. The van der Waals surface area contributed by atoms with Crippen LogP contribution in [-0.2, 0) is 4.74 Å². The van der Waals surface area contributed by atoms with Crippen molar-refractivity contribution in [2.45, 2.75) is 13.8 Å². The number of nitrogens with one attached hydrogen (secondary N) is 1. The summed E-state index contributed by atoms with van der Waals surface area (Å²) in [5, 5.41) is 3.98. The van der Waals surface area contributed by atoms with Gasteiger partial charge in [0.1, 0.15) is 11.3 Å². The van der Waals surface area contributed by atoms with Crippen LogP contribution in [0, 0.1) is 13.8 Å². The number of esters is 1. The van der Waals surface area contributed by atoms with Gasteiger partial charge in [0.15, 0.2) is 0 Å². The monoisotopic (exact) mass is 350 g/mol. The number of fused-ring (bicyclic) bond motifs is 1. The van der Waals surface area contributed by atoms with Crippen LogP contribution in [0.25, 0.3) is 5.65 Å². The van der Waals surface area contributed by atoms with E-state index in [1.54, 1.807) is 35.6 Å². The van der Waals surface area contributed by atoms with Crippen molar-refractivity contribution in [1.29, 1.82) is 0 Å². The first-order valence-electron chi connectivity index (χ1n) is 7.96.